The van der Waals surface area contributed by atoms with Gasteiger partial charge in [0.15, 0.2) is 11.5 Å². The van der Waals surface area contributed by atoms with E-state index in [1.165, 1.54) is 31.4 Å². The number of benzene rings is 2. The van der Waals surface area contributed by atoms with E-state index in [2.05, 4.69) is 5.32 Å². The van der Waals surface area contributed by atoms with Gasteiger partial charge in [0.25, 0.3) is 5.91 Å². The Morgan fingerprint density at radius 3 is 2.55 bits per heavy atom. The molecule has 0 atom stereocenters. The quantitative estimate of drug-likeness (QED) is 0.440. The Bertz CT molecular complexity index is 1160. The van der Waals surface area contributed by atoms with E-state index in [0.717, 1.165) is 5.56 Å². The average Bonchev–Trinajstić information content (AvgIpc) is 2.78. The number of aryl methyl sites for hydroxylation is 1. The summed E-state index contributed by atoms with van der Waals surface area (Å²) in [5.74, 6) is -0.253. The van der Waals surface area contributed by atoms with E-state index in [0.29, 0.717) is 5.69 Å². The summed E-state index contributed by atoms with van der Waals surface area (Å²) in [6.45, 7) is 0.358. The van der Waals surface area contributed by atoms with Crippen LogP contribution in [0.5, 0.6) is 11.5 Å². The van der Waals surface area contributed by atoms with E-state index in [9.17, 15) is 19.7 Å². The Labute approximate surface area is 178 Å². The molecule has 0 bridgehead atoms. The van der Waals surface area contributed by atoms with Gasteiger partial charge in [0.2, 0.25) is 5.43 Å². The lowest BCUT2D eigenvalue weighted by molar-refractivity contribution is -0.385. The molecule has 0 saturated heterocycles. The van der Waals surface area contributed by atoms with Crippen molar-refractivity contribution in [2.75, 3.05) is 7.11 Å². The summed E-state index contributed by atoms with van der Waals surface area (Å²) in [7, 11) is 3.03. The van der Waals surface area contributed by atoms with Gasteiger partial charge in [-0.1, -0.05) is 30.3 Å². The van der Waals surface area contributed by atoms with Crippen molar-refractivity contribution in [2.24, 2.45) is 7.05 Å². The third-order valence-electron chi connectivity index (χ3n) is 4.61. The van der Waals surface area contributed by atoms with Crippen LogP contribution in [0, 0.1) is 10.1 Å². The Morgan fingerprint density at radius 2 is 1.87 bits per heavy atom. The molecule has 31 heavy (non-hydrogen) atoms. The number of nitro benzene ring substituents is 1. The number of nitrogens with zero attached hydrogens (tertiary/aromatic N) is 2. The number of ether oxygens (including phenoxy) is 2. The SMILES string of the molecule is COc1cc(C(=O)NCc2cc(=O)c(OCc3ccccc3)cn2C)ccc1[N+](=O)[O-]. The topological polar surface area (TPSA) is 113 Å². The normalized spacial score (nSPS) is 10.4. The van der Waals surface area contributed by atoms with Gasteiger partial charge in [0, 0.05) is 36.5 Å². The molecule has 9 nitrogen and oxygen atoms in total. The molecule has 160 valence electrons. The summed E-state index contributed by atoms with van der Waals surface area (Å²) in [5, 5.41) is 13.7. The Hall–Kier alpha value is -4.14. The van der Waals surface area contributed by atoms with Gasteiger partial charge in [0.05, 0.1) is 24.8 Å². The number of carbonyl (C=O) groups excluding carboxylic acids is 1. The summed E-state index contributed by atoms with van der Waals surface area (Å²) in [4.78, 5) is 35.2. The van der Waals surface area contributed by atoms with Crippen molar-refractivity contribution in [3.63, 3.8) is 0 Å². The highest BCUT2D eigenvalue weighted by Gasteiger charge is 2.17. The van der Waals surface area contributed by atoms with Crippen LogP contribution in [0.15, 0.2) is 65.6 Å². The first-order valence-electron chi connectivity index (χ1n) is 9.36. The molecule has 0 radical (unpaired) electrons. The van der Waals surface area contributed by atoms with Crippen LogP contribution in [0.4, 0.5) is 5.69 Å². The lowest BCUT2D eigenvalue weighted by Crippen LogP contribution is -2.26. The van der Waals surface area contributed by atoms with E-state index in [1.54, 1.807) is 17.8 Å². The molecule has 0 saturated carbocycles. The molecule has 0 unspecified atom stereocenters. The molecule has 1 amide bonds. The third-order valence-corrected chi connectivity index (χ3v) is 4.61. The van der Waals surface area contributed by atoms with Crippen LogP contribution in [0.2, 0.25) is 0 Å². The smallest absolute Gasteiger partial charge is 0.310 e. The van der Waals surface area contributed by atoms with E-state index < -0.39 is 10.8 Å². The van der Waals surface area contributed by atoms with Crippen LogP contribution in [0.25, 0.3) is 0 Å². The van der Waals surface area contributed by atoms with Crippen molar-refractivity contribution in [3.05, 3.63) is 98.0 Å². The maximum atomic E-state index is 12.4. The molecule has 0 aliphatic rings. The number of hydrogen-bond acceptors (Lipinski definition) is 6. The first-order chi connectivity index (χ1) is 14.9. The fourth-order valence-corrected chi connectivity index (χ4v) is 2.91. The van der Waals surface area contributed by atoms with Gasteiger partial charge in [-0.3, -0.25) is 19.7 Å². The van der Waals surface area contributed by atoms with Gasteiger partial charge < -0.3 is 19.4 Å². The van der Waals surface area contributed by atoms with Gasteiger partial charge in [0.1, 0.15) is 6.61 Å². The van der Waals surface area contributed by atoms with Crippen molar-refractivity contribution in [1.29, 1.82) is 0 Å². The number of rotatable bonds is 8. The van der Waals surface area contributed by atoms with Crippen LogP contribution in [0.3, 0.4) is 0 Å². The van der Waals surface area contributed by atoms with Crippen LogP contribution < -0.4 is 20.2 Å². The molecule has 3 rings (SSSR count). The number of nitrogens with one attached hydrogen (secondary N) is 1. The minimum absolute atomic E-state index is 0.00929. The maximum absolute atomic E-state index is 12.4. The second-order valence-electron chi connectivity index (χ2n) is 6.70. The van der Waals surface area contributed by atoms with Crippen molar-refractivity contribution in [1.82, 2.24) is 9.88 Å². The second-order valence-corrected chi connectivity index (χ2v) is 6.70. The minimum atomic E-state index is -0.586. The Balaban J connectivity index is 1.67. The first kappa shape index (κ1) is 21.6. The highest BCUT2D eigenvalue weighted by atomic mass is 16.6. The Morgan fingerprint density at radius 1 is 1.13 bits per heavy atom. The van der Waals surface area contributed by atoms with Gasteiger partial charge in [-0.25, -0.2) is 0 Å². The van der Waals surface area contributed by atoms with Crippen molar-refractivity contribution in [3.8, 4) is 11.5 Å². The van der Waals surface area contributed by atoms with Crippen molar-refractivity contribution >= 4 is 11.6 Å². The van der Waals surface area contributed by atoms with Crippen LogP contribution in [-0.2, 0) is 20.2 Å². The molecule has 1 heterocycles. The highest BCUT2D eigenvalue weighted by Crippen LogP contribution is 2.27. The molecular weight excluding hydrogens is 402 g/mol. The number of nitro groups is 1. The largest absolute Gasteiger partial charge is 0.490 e. The first-order valence-corrected chi connectivity index (χ1v) is 9.36. The molecule has 1 aromatic heterocycles. The molecule has 3 aromatic rings. The number of aromatic nitrogens is 1. The number of pyridine rings is 1. The van der Waals surface area contributed by atoms with E-state index in [1.807, 2.05) is 30.3 Å². The number of hydrogen-bond donors (Lipinski definition) is 1. The fourth-order valence-electron chi connectivity index (χ4n) is 2.91. The predicted molar refractivity (Wildman–Crippen MR) is 113 cm³/mol. The zero-order valence-corrected chi connectivity index (χ0v) is 17.0. The van der Waals surface area contributed by atoms with E-state index in [4.69, 9.17) is 9.47 Å². The molecular formula is C22H21N3O6. The standard InChI is InChI=1S/C22H21N3O6/c1-24-13-21(31-14-15-6-4-3-5-7-15)19(26)11-17(24)12-23-22(27)16-8-9-18(25(28)29)20(10-16)30-2/h3-11,13H,12,14H2,1-2H3,(H,23,27). The highest BCUT2D eigenvalue weighted by molar-refractivity contribution is 5.95. The molecule has 1 N–H and O–H groups in total. The number of methoxy groups -OCH3 is 1. The Kier molecular flexibility index (Phi) is 6.66. The summed E-state index contributed by atoms with van der Waals surface area (Å²) in [6, 6.07) is 14.7. The van der Waals surface area contributed by atoms with Crippen LogP contribution in [0.1, 0.15) is 21.6 Å². The zero-order valence-electron chi connectivity index (χ0n) is 17.0. The lowest BCUT2D eigenvalue weighted by atomic mass is 10.1. The summed E-state index contributed by atoms with van der Waals surface area (Å²) in [6.07, 6.45) is 1.57. The second kappa shape index (κ2) is 9.57. The minimum Gasteiger partial charge on any atom is -0.490 e. The van der Waals surface area contributed by atoms with Crippen LogP contribution >= 0.6 is 0 Å². The maximum Gasteiger partial charge on any atom is 0.310 e. The number of carbonyl (C=O) groups is 1. The van der Waals surface area contributed by atoms with E-state index in [-0.39, 0.29) is 41.3 Å². The summed E-state index contributed by atoms with van der Waals surface area (Å²) < 4.78 is 12.3. The summed E-state index contributed by atoms with van der Waals surface area (Å²) in [5.41, 5.74) is 1.19. The molecule has 2 aromatic carbocycles. The molecule has 0 aliphatic carbocycles. The molecule has 0 spiro atoms. The molecule has 9 heteroatoms. The van der Waals surface area contributed by atoms with Crippen molar-refractivity contribution < 1.29 is 19.2 Å². The molecule has 0 fully saturated rings. The third kappa shape index (κ3) is 5.27. The number of amides is 1. The predicted octanol–water partition coefficient (Wildman–Crippen LogP) is 2.81. The van der Waals surface area contributed by atoms with Gasteiger partial charge in [-0.15, -0.1) is 0 Å². The zero-order chi connectivity index (χ0) is 22.4. The monoisotopic (exact) mass is 423 g/mol. The lowest BCUT2D eigenvalue weighted by Gasteiger charge is -2.13. The van der Waals surface area contributed by atoms with Crippen molar-refractivity contribution in [2.45, 2.75) is 13.2 Å². The molecule has 0 aliphatic heterocycles. The van der Waals surface area contributed by atoms with Gasteiger partial charge >= 0.3 is 5.69 Å². The van der Waals surface area contributed by atoms with Crippen LogP contribution in [-0.4, -0.2) is 22.5 Å². The average molecular weight is 423 g/mol. The van der Waals surface area contributed by atoms with E-state index >= 15 is 0 Å². The van der Waals surface area contributed by atoms with Gasteiger partial charge in [-0.05, 0) is 11.6 Å². The summed E-state index contributed by atoms with van der Waals surface area (Å²) >= 11 is 0. The van der Waals surface area contributed by atoms with Gasteiger partial charge in [-0.2, -0.15) is 0 Å². The fraction of sp³-hybridized carbons (Fsp3) is 0.182.